The molecule has 2 heterocycles. The zero-order valence-electron chi connectivity index (χ0n) is 12.3. The van der Waals surface area contributed by atoms with Crippen molar-refractivity contribution in [3.05, 3.63) is 77.1 Å². The number of furan rings is 1. The number of thioether (sulfide) groups is 1. The van der Waals surface area contributed by atoms with Crippen LogP contribution in [-0.2, 0) is 11.2 Å². The molecule has 23 heavy (non-hydrogen) atoms. The van der Waals surface area contributed by atoms with Crippen molar-refractivity contribution in [2.45, 2.75) is 6.42 Å². The van der Waals surface area contributed by atoms with Crippen LogP contribution in [0.4, 0.5) is 0 Å². The Morgan fingerprint density at radius 1 is 1.17 bits per heavy atom. The second-order valence-electron chi connectivity index (χ2n) is 4.97. The number of allylic oxidation sites excluding steroid dienone is 2. The first-order valence-corrected chi connectivity index (χ1v) is 8.46. The Hall–Kier alpha value is -2.11. The summed E-state index contributed by atoms with van der Waals surface area (Å²) in [6.45, 7) is 0.605. The Kier molecular flexibility index (Phi) is 5.10. The Labute approximate surface area is 144 Å². The van der Waals surface area contributed by atoms with Gasteiger partial charge in [0.25, 0.3) is 5.91 Å². The molecule has 0 unspecified atom stereocenters. The first-order valence-electron chi connectivity index (χ1n) is 7.23. The third-order valence-electron chi connectivity index (χ3n) is 3.39. The van der Waals surface area contributed by atoms with Crippen LogP contribution in [0, 0.1) is 0 Å². The van der Waals surface area contributed by atoms with Crippen LogP contribution in [0.15, 0.2) is 70.2 Å². The lowest BCUT2D eigenvalue weighted by Crippen LogP contribution is -2.30. The van der Waals surface area contributed by atoms with Crippen molar-refractivity contribution >= 4 is 40.3 Å². The Morgan fingerprint density at radius 2 is 2.00 bits per heavy atom. The van der Waals surface area contributed by atoms with E-state index in [-0.39, 0.29) is 5.91 Å². The number of carbonyl (C=O) groups excluding carboxylic acids is 1. The molecule has 1 aromatic carbocycles. The second kappa shape index (κ2) is 7.44. The summed E-state index contributed by atoms with van der Waals surface area (Å²) >= 11 is 6.67. The molecule has 2 aromatic rings. The number of rotatable bonds is 5. The lowest BCUT2D eigenvalue weighted by atomic mass is 10.1. The molecule has 3 nitrogen and oxygen atoms in total. The van der Waals surface area contributed by atoms with Gasteiger partial charge in [-0.3, -0.25) is 9.69 Å². The van der Waals surface area contributed by atoms with E-state index in [9.17, 15) is 4.79 Å². The van der Waals surface area contributed by atoms with E-state index in [2.05, 4.69) is 12.1 Å². The molecule has 0 atom stereocenters. The molecule has 1 aliphatic rings. The zero-order valence-corrected chi connectivity index (χ0v) is 14.0. The summed E-state index contributed by atoms with van der Waals surface area (Å²) in [6.07, 6.45) is 7.81. The van der Waals surface area contributed by atoms with Crippen molar-refractivity contribution in [1.82, 2.24) is 4.90 Å². The summed E-state index contributed by atoms with van der Waals surface area (Å²) in [6, 6.07) is 13.8. The van der Waals surface area contributed by atoms with Crippen LogP contribution in [0.5, 0.6) is 0 Å². The van der Waals surface area contributed by atoms with Gasteiger partial charge in [0.05, 0.1) is 11.2 Å². The molecule has 0 radical (unpaired) electrons. The van der Waals surface area contributed by atoms with Gasteiger partial charge in [-0.2, -0.15) is 0 Å². The van der Waals surface area contributed by atoms with Crippen LogP contribution in [0.1, 0.15) is 11.3 Å². The summed E-state index contributed by atoms with van der Waals surface area (Å²) in [5.74, 6) is 0.723. The summed E-state index contributed by atoms with van der Waals surface area (Å²) in [5.41, 5.74) is 1.20. The first-order chi connectivity index (χ1) is 11.2. The fourth-order valence-corrected chi connectivity index (χ4v) is 3.47. The van der Waals surface area contributed by atoms with Crippen LogP contribution in [0.2, 0.25) is 0 Å². The van der Waals surface area contributed by atoms with E-state index < -0.39 is 0 Å². The van der Waals surface area contributed by atoms with Gasteiger partial charge in [-0.1, -0.05) is 60.4 Å². The molecule has 0 saturated carbocycles. The third kappa shape index (κ3) is 4.00. The predicted octanol–water partition coefficient (Wildman–Crippen LogP) is 4.28. The number of amides is 1. The van der Waals surface area contributed by atoms with E-state index in [1.165, 1.54) is 17.3 Å². The smallest absolute Gasteiger partial charge is 0.266 e. The lowest BCUT2D eigenvalue weighted by Gasteiger charge is -2.14. The molecule has 1 saturated heterocycles. The van der Waals surface area contributed by atoms with E-state index in [0.717, 1.165) is 12.2 Å². The Bertz CT molecular complexity index is 749. The molecule has 5 heteroatoms. The van der Waals surface area contributed by atoms with Gasteiger partial charge >= 0.3 is 0 Å². The van der Waals surface area contributed by atoms with Gasteiger partial charge in [0, 0.05) is 6.54 Å². The van der Waals surface area contributed by atoms with E-state index >= 15 is 0 Å². The Balaban J connectivity index is 1.63. The Morgan fingerprint density at radius 3 is 2.74 bits per heavy atom. The first kappa shape index (κ1) is 15.8. The second-order valence-corrected chi connectivity index (χ2v) is 6.64. The van der Waals surface area contributed by atoms with E-state index in [0.29, 0.717) is 15.8 Å². The van der Waals surface area contributed by atoms with Crippen molar-refractivity contribution in [2.24, 2.45) is 0 Å². The summed E-state index contributed by atoms with van der Waals surface area (Å²) in [5, 5.41) is 0. The topological polar surface area (TPSA) is 33.5 Å². The average Bonchev–Trinajstić information content (AvgIpc) is 3.16. The number of benzene rings is 1. The fraction of sp³-hybridized carbons (Fsp3) is 0.111. The maximum absolute atomic E-state index is 12.4. The van der Waals surface area contributed by atoms with Gasteiger partial charge in [0.1, 0.15) is 10.1 Å². The van der Waals surface area contributed by atoms with E-state index in [4.69, 9.17) is 16.6 Å². The highest BCUT2D eigenvalue weighted by Gasteiger charge is 2.31. The SMILES string of the molecule is O=C1C(=CC=Cc2ccco2)SC(=S)N1CCc1ccccc1. The minimum Gasteiger partial charge on any atom is -0.465 e. The van der Waals surface area contributed by atoms with Crippen LogP contribution < -0.4 is 0 Å². The summed E-state index contributed by atoms with van der Waals surface area (Å²) in [7, 11) is 0. The van der Waals surface area contributed by atoms with Gasteiger partial charge in [-0.05, 0) is 36.3 Å². The number of hydrogen-bond acceptors (Lipinski definition) is 4. The molecule has 1 amide bonds. The van der Waals surface area contributed by atoms with Crippen molar-refractivity contribution in [1.29, 1.82) is 0 Å². The van der Waals surface area contributed by atoms with Gasteiger partial charge in [-0.25, -0.2) is 0 Å². The predicted molar refractivity (Wildman–Crippen MR) is 97.9 cm³/mol. The quantitative estimate of drug-likeness (QED) is 0.600. The monoisotopic (exact) mass is 341 g/mol. The minimum absolute atomic E-state index is 0.0278. The average molecular weight is 341 g/mol. The minimum atomic E-state index is -0.0278. The molecular weight excluding hydrogens is 326 g/mol. The highest BCUT2D eigenvalue weighted by atomic mass is 32.2. The van der Waals surface area contributed by atoms with Crippen LogP contribution in [-0.4, -0.2) is 21.7 Å². The molecule has 116 valence electrons. The number of nitrogens with zero attached hydrogens (tertiary/aromatic N) is 1. The number of thiocarbonyl (C=S) groups is 1. The zero-order chi connectivity index (χ0) is 16.1. The molecular formula is C18H15NO2S2. The normalized spacial score (nSPS) is 16.9. The molecule has 1 fully saturated rings. The maximum atomic E-state index is 12.4. The van der Waals surface area contributed by atoms with Crippen LogP contribution in [0.25, 0.3) is 6.08 Å². The molecule has 0 aliphatic carbocycles. The molecule has 3 rings (SSSR count). The highest BCUT2D eigenvalue weighted by Crippen LogP contribution is 2.31. The number of carbonyl (C=O) groups is 1. The van der Waals surface area contributed by atoms with Crippen LogP contribution >= 0.6 is 24.0 Å². The van der Waals surface area contributed by atoms with Crippen LogP contribution in [0.3, 0.4) is 0 Å². The molecule has 0 bridgehead atoms. The van der Waals surface area contributed by atoms with Gasteiger partial charge < -0.3 is 4.42 Å². The largest absolute Gasteiger partial charge is 0.465 e. The van der Waals surface area contributed by atoms with Crippen molar-refractivity contribution < 1.29 is 9.21 Å². The maximum Gasteiger partial charge on any atom is 0.266 e. The molecule has 1 aromatic heterocycles. The lowest BCUT2D eigenvalue weighted by molar-refractivity contribution is -0.122. The van der Waals surface area contributed by atoms with E-state index in [1.54, 1.807) is 17.2 Å². The molecule has 0 N–H and O–H groups in total. The number of hydrogen-bond donors (Lipinski definition) is 0. The van der Waals surface area contributed by atoms with Gasteiger partial charge in [0.2, 0.25) is 0 Å². The van der Waals surface area contributed by atoms with Crippen molar-refractivity contribution in [3.63, 3.8) is 0 Å². The van der Waals surface area contributed by atoms with E-state index in [1.807, 2.05) is 42.5 Å². The fourth-order valence-electron chi connectivity index (χ4n) is 2.21. The molecule has 0 spiro atoms. The van der Waals surface area contributed by atoms with Crippen molar-refractivity contribution in [2.75, 3.05) is 6.54 Å². The van der Waals surface area contributed by atoms with Crippen molar-refractivity contribution in [3.8, 4) is 0 Å². The van der Waals surface area contributed by atoms with Gasteiger partial charge in [-0.15, -0.1) is 0 Å². The highest BCUT2D eigenvalue weighted by molar-refractivity contribution is 8.26. The summed E-state index contributed by atoms with van der Waals surface area (Å²) < 4.78 is 5.83. The standard InChI is InChI=1S/C18H15NO2S2/c20-17-16(10-4-8-15-9-5-13-21-15)23-18(22)19(17)12-11-14-6-2-1-3-7-14/h1-10,13H,11-12H2. The molecule has 1 aliphatic heterocycles. The third-order valence-corrected chi connectivity index (χ3v) is 4.79. The summed E-state index contributed by atoms with van der Waals surface area (Å²) in [4.78, 5) is 14.7. The van der Waals surface area contributed by atoms with Gasteiger partial charge in [0.15, 0.2) is 0 Å².